The van der Waals surface area contributed by atoms with Crippen LogP contribution in [0.5, 0.6) is 0 Å². The second kappa shape index (κ2) is 8.95. The average Bonchev–Trinajstić information content (AvgIpc) is 2.80. The van der Waals surface area contributed by atoms with Gasteiger partial charge in [-0.3, -0.25) is 9.59 Å². The molecule has 0 saturated carbocycles. The Balaban J connectivity index is 1.40. The van der Waals surface area contributed by atoms with Gasteiger partial charge in [0.2, 0.25) is 5.91 Å². The van der Waals surface area contributed by atoms with Crippen LogP contribution in [-0.2, 0) is 4.79 Å². The zero-order valence-electron chi connectivity index (χ0n) is 17.2. The number of rotatable bonds is 4. The molecule has 3 aromatic carbocycles. The Morgan fingerprint density at radius 3 is 2.20 bits per heavy atom. The molecule has 0 aliphatic carbocycles. The van der Waals surface area contributed by atoms with Crippen molar-refractivity contribution in [2.24, 2.45) is 5.92 Å². The fraction of sp³-hybridized carbons (Fsp3) is 0.231. The maximum absolute atomic E-state index is 12.9. The number of para-hydroxylation sites is 1. The number of piperidine rings is 1. The molecule has 0 spiro atoms. The number of hydrogen-bond donors (Lipinski definition) is 1. The van der Waals surface area contributed by atoms with Crippen molar-refractivity contribution in [3.8, 4) is 11.1 Å². The van der Waals surface area contributed by atoms with E-state index in [1.807, 2.05) is 90.7 Å². The summed E-state index contributed by atoms with van der Waals surface area (Å²) in [5, 5.41) is 3.12. The highest BCUT2D eigenvalue weighted by Gasteiger charge is 2.28. The van der Waals surface area contributed by atoms with Crippen LogP contribution in [0, 0.1) is 12.8 Å². The third kappa shape index (κ3) is 4.28. The quantitative estimate of drug-likeness (QED) is 0.660. The number of amides is 2. The smallest absolute Gasteiger partial charge is 0.254 e. The number of aryl methyl sites for hydroxylation is 1. The molecule has 30 heavy (non-hydrogen) atoms. The summed E-state index contributed by atoms with van der Waals surface area (Å²) in [6.45, 7) is 3.16. The first kappa shape index (κ1) is 19.9. The predicted octanol–water partition coefficient (Wildman–Crippen LogP) is 5.15. The van der Waals surface area contributed by atoms with Gasteiger partial charge in [0.15, 0.2) is 0 Å². The number of nitrogens with one attached hydrogen (secondary N) is 1. The van der Waals surface area contributed by atoms with Gasteiger partial charge in [0.05, 0.1) is 0 Å². The van der Waals surface area contributed by atoms with Crippen LogP contribution in [0.3, 0.4) is 0 Å². The molecule has 4 rings (SSSR count). The van der Waals surface area contributed by atoms with E-state index in [-0.39, 0.29) is 17.7 Å². The highest BCUT2D eigenvalue weighted by molar-refractivity contribution is 5.98. The minimum Gasteiger partial charge on any atom is -0.339 e. The number of carbonyl (C=O) groups is 2. The van der Waals surface area contributed by atoms with Crippen molar-refractivity contribution in [3.63, 3.8) is 0 Å². The van der Waals surface area contributed by atoms with Crippen LogP contribution in [0.2, 0.25) is 0 Å². The van der Waals surface area contributed by atoms with E-state index in [4.69, 9.17) is 0 Å². The highest BCUT2D eigenvalue weighted by atomic mass is 16.2. The molecule has 4 heteroatoms. The van der Waals surface area contributed by atoms with E-state index in [2.05, 4.69) is 5.32 Å². The van der Waals surface area contributed by atoms with Gasteiger partial charge in [0.1, 0.15) is 0 Å². The van der Waals surface area contributed by atoms with Gasteiger partial charge in [-0.1, -0.05) is 66.7 Å². The van der Waals surface area contributed by atoms with Crippen LogP contribution in [0.15, 0.2) is 78.9 Å². The lowest BCUT2D eigenvalue weighted by Crippen LogP contribution is -2.41. The minimum absolute atomic E-state index is 0.0290. The van der Waals surface area contributed by atoms with Crippen molar-refractivity contribution in [3.05, 3.63) is 90.0 Å². The van der Waals surface area contributed by atoms with E-state index < -0.39 is 0 Å². The molecular formula is C26H26N2O2. The van der Waals surface area contributed by atoms with Crippen molar-refractivity contribution in [1.82, 2.24) is 4.90 Å². The molecule has 0 unspecified atom stereocenters. The van der Waals surface area contributed by atoms with E-state index in [1.165, 1.54) is 0 Å². The van der Waals surface area contributed by atoms with Crippen LogP contribution in [0.4, 0.5) is 5.69 Å². The first-order chi connectivity index (χ1) is 14.6. The van der Waals surface area contributed by atoms with Crippen LogP contribution in [0.1, 0.15) is 28.8 Å². The second-order valence-corrected chi connectivity index (χ2v) is 7.78. The summed E-state index contributed by atoms with van der Waals surface area (Å²) in [6, 6.07) is 25.6. The lowest BCUT2D eigenvalue weighted by atomic mass is 9.94. The molecule has 0 radical (unpaired) electrons. The Morgan fingerprint density at radius 2 is 1.47 bits per heavy atom. The summed E-state index contributed by atoms with van der Waals surface area (Å²) in [4.78, 5) is 27.6. The molecule has 1 N–H and O–H groups in total. The van der Waals surface area contributed by atoms with Gasteiger partial charge in [-0.05, 0) is 43.0 Å². The minimum atomic E-state index is -0.0882. The third-order valence-corrected chi connectivity index (χ3v) is 5.80. The Labute approximate surface area is 177 Å². The van der Waals surface area contributed by atoms with Crippen LogP contribution in [0.25, 0.3) is 11.1 Å². The standard InChI is InChI=1S/C26H26N2O2/c1-19-9-5-6-12-22(19)26(30)28-17-15-21(16-18-28)25(29)27-24-14-8-7-13-23(24)20-10-3-2-4-11-20/h2-14,21H,15-18H2,1H3,(H,27,29). The number of benzene rings is 3. The van der Waals surface area contributed by atoms with Gasteiger partial charge >= 0.3 is 0 Å². The Kier molecular flexibility index (Phi) is 5.94. The average molecular weight is 399 g/mol. The first-order valence-electron chi connectivity index (χ1n) is 10.4. The summed E-state index contributed by atoms with van der Waals surface area (Å²) in [6.07, 6.45) is 1.36. The van der Waals surface area contributed by atoms with Crippen molar-refractivity contribution in [2.75, 3.05) is 18.4 Å². The second-order valence-electron chi connectivity index (χ2n) is 7.78. The maximum atomic E-state index is 12.9. The number of nitrogens with zero attached hydrogens (tertiary/aromatic N) is 1. The molecule has 152 valence electrons. The van der Waals surface area contributed by atoms with Gasteiger partial charge in [0, 0.05) is 35.8 Å². The molecule has 3 aromatic rings. The number of hydrogen-bond acceptors (Lipinski definition) is 2. The largest absolute Gasteiger partial charge is 0.339 e. The van der Waals surface area contributed by atoms with E-state index >= 15 is 0 Å². The van der Waals surface area contributed by atoms with E-state index in [0.29, 0.717) is 25.9 Å². The Morgan fingerprint density at radius 1 is 0.833 bits per heavy atom. The van der Waals surface area contributed by atoms with Crippen molar-refractivity contribution >= 4 is 17.5 Å². The maximum Gasteiger partial charge on any atom is 0.254 e. The highest BCUT2D eigenvalue weighted by Crippen LogP contribution is 2.29. The SMILES string of the molecule is Cc1ccccc1C(=O)N1CCC(C(=O)Nc2ccccc2-c2ccccc2)CC1. The van der Waals surface area contributed by atoms with Crippen molar-refractivity contribution in [2.45, 2.75) is 19.8 Å². The molecular weight excluding hydrogens is 372 g/mol. The Hall–Kier alpha value is -3.40. The predicted molar refractivity (Wildman–Crippen MR) is 120 cm³/mol. The van der Waals surface area contributed by atoms with Crippen molar-refractivity contribution < 1.29 is 9.59 Å². The molecule has 1 aliphatic heterocycles. The summed E-state index contributed by atoms with van der Waals surface area (Å²) in [7, 11) is 0. The third-order valence-electron chi connectivity index (χ3n) is 5.80. The van der Waals surface area contributed by atoms with Crippen LogP contribution >= 0.6 is 0 Å². The molecule has 0 atom stereocenters. The fourth-order valence-electron chi connectivity index (χ4n) is 4.02. The summed E-state index contributed by atoms with van der Waals surface area (Å²) < 4.78 is 0. The molecule has 4 nitrogen and oxygen atoms in total. The monoisotopic (exact) mass is 398 g/mol. The number of anilines is 1. The molecule has 1 aliphatic rings. The van der Waals surface area contributed by atoms with Crippen LogP contribution in [-0.4, -0.2) is 29.8 Å². The first-order valence-corrected chi connectivity index (χ1v) is 10.4. The Bertz CT molecular complexity index is 1040. The topological polar surface area (TPSA) is 49.4 Å². The van der Waals surface area contributed by atoms with Crippen molar-refractivity contribution in [1.29, 1.82) is 0 Å². The molecule has 1 fully saturated rings. The fourth-order valence-corrected chi connectivity index (χ4v) is 4.02. The van der Waals surface area contributed by atoms with E-state index in [0.717, 1.165) is 27.9 Å². The number of likely N-dealkylation sites (tertiary alicyclic amines) is 1. The van der Waals surface area contributed by atoms with Gasteiger partial charge < -0.3 is 10.2 Å². The summed E-state index contributed by atoms with van der Waals surface area (Å²) in [5.41, 5.74) is 4.65. The lowest BCUT2D eigenvalue weighted by molar-refractivity contribution is -0.121. The molecule has 0 bridgehead atoms. The van der Waals surface area contributed by atoms with Crippen LogP contribution < -0.4 is 5.32 Å². The zero-order chi connectivity index (χ0) is 20.9. The molecule has 1 saturated heterocycles. The van der Waals surface area contributed by atoms with E-state index in [9.17, 15) is 9.59 Å². The van der Waals surface area contributed by atoms with Gasteiger partial charge in [0.25, 0.3) is 5.91 Å². The molecule has 2 amide bonds. The zero-order valence-corrected chi connectivity index (χ0v) is 17.2. The van der Waals surface area contributed by atoms with Gasteiger partial charge in [-0.25, -0.2) is 0 Å². The summed E-state index contributed by atoms with van der Waals surface area (Å²) >= 11 is 0. The normalized spacial score (nSPS) is 14.4. The summed E-state index contributed by atoms with van der Waals surface area (Å²) in [5.74, 6) is -0.00231. The number of carbonyl (C=O) groups excluding carboxylic acids is 2. The van der Waals surface area contributed by atoms with E-state index in [1.54, 1.807) is 0 Å². The molecule has 0 aromatic heterocycles. The van der Waals surface area contributed by atoms with Gasteiger partial charge in [-0.2, -0.15) is 0 Å². The van der Waals surface area contributed by atoms with Gasteiger partial charge in [-0.15, -0.1) is 0 Å². The molecule has 1 heterocycles. The lowest BCUT2D eigenvalue weighted by Gasteiger charge is -2.32.